The second kappa shape index (κ2) is 10.4. The van der Waals surface area contributed by atoms with E-state index in [1.807, 2.05) is 36.9 Å². The van der Waals surface area contributed by atoms with Gasteiger partial charge < -0.3 is 9.08 Å². The van der Waals surface area contributed by atoms with Crippen molar-refractivity contribution in [1.82, 2.24) is 4.90 Å². The lowest BCUT2D eigenvalue weighted by molar-refractivity contribution is -0.135. The highest BCUT2D eigenvalue weighted by Crippen LogP contribution is 2.83. The van der Waals surface area contributed by atoms with E-state index in [1.165, 1.54) is 20.9 Å². The number of benzene rings is 3. The zero-order chi connectivity index (χ0) is 24.2. The molecule has 0 saturated carbocycles. The van der Waals surface area contributed by atoms with Crippen molar-refractivity contribution in [1.29, 1.82) is 0 Å². The molecule has 2 aliphatic rings. The number of hydrogen-bond acceptors (Lipinski definition) is 2. The van der Waals surface area contributed by atoms with E-state index < -0.39 is 10.3 Å². The number of rotatable bonds is 6. The summed E-state index contributed by atoms with van der Waals surface area (Å²) in [6, 6.07) is 29.8. The maximum Gasteiger partial charge on any atom is 0.222 e. The monoisotopic (exact) mass is 475 g/mol. The standard InChI is InChI=1S/C28H31NO2S.C2H6/c1-28(2)25-15-9-10-16-26(25)32(28,24-13-7-4-8-14-24)31-21-23-17-18-27(30)29(20-23)19-22-11-5-3-6-12-22;1-2/h3-16,23H,17-21H2,1-2H3;1-2H3. The molecular formula is C30H37NO2S. The molecule has 2 unspecified atom stereocenters. The SMILES string of the molecule is CC.CC1(C)c2ccccc2S1(OCC1CCC(=O)N(Cc2ccccc2)C1)c1ccccc1. The van der Waals surface area contributed by atoms with E-state index in [1.54, 1.807) is 0 Å². The quantitative estimate of drug-likeness (QED) is 0.368. The van der Waals surface area contributed by atoms with E-state index in [0.717, 1.165) is 13.0 Å². The Morgan fingerprint density at radius 1 is 0.912 bits per heavy atom. The van der Waals surface area contributed by atoms with Crippen LogP contribution in [0.25, 0.3) is 0 Å². The van der Waals surface area contributed by atoms with Gasteiger partial charge in [0.15, 0.2) is 0 Å². The van der Waals surface area contributed by atoms with Crippen LogP contribution in [0.5, 0.6) is 0 Å². The van der Waals surface area contributed by atoms with Crippen molar-refractivity contribution in [3.05, 3.63) is 96.1 Å². The normalized spacial score (nSPS) is 24.6. The molecular weight excluding hydrogens is 438 g/mol. The van der Waals surface area contributed by atoms with Crippen molar-refractivity contribution in [2.24, 2.45) is 5.92 Å². The van der Waals surface area contributed by atoms with Crippen LogP contribution < -0.4 is 0 Å². The number of carbonyl (C=O) groups excluding carboxylic acids is 1. The molecule has 0 spiro atoms. The van der Waals surface area contributed by atoms with Crippen molar-refractivity contribution in [2.75, 3.05) is 13.2 Å². The van der Waals surface area contributed by atoms with Gasteiger partial charge in [0.25, 0.3) is 0 Å². The highest BCUT2D eigenvalue weighted by Gasteiger charge is 2.56. The van der Waals surface area contributed by atoms with Crippen LogP contribution in [0.2, 0.25) is 0 Å². The zero-order valence-electron chi connectivity index (χ0n) is 20.9. The zero-order valence-corrected chi connectivity index (χ0v) is 21.7. The summed E-state index contributed by atoms with van der Waals surface area (Å²) in [7, 11) is -1.61. The molecule has 3 aromatic rings. The van der Waals surface area contributed by atoms with Gasteiger partial charge in [0.2, 0.25) is 5.91 Å². The fourth-order valence-electron chi connectivity index (χ4n) is 5.19. The molecule has 2 atom stereocenters. The topological polar surface area (TPSA) is 29.5 Å². The molecule has 0 N–H and O–H groups in total. The van der Waals surface area contributed by atoms with E-state index in [4.69, 9.17) is 4.18 Å². The van der Waals surface area contributed by atoms with Crippen molar-refractivity contribution in [3.63, 3.8) is 0 Å². The second-order valence-electron chi connectivity index (χ2n) is 9.32. The molecule has 0 radical (unpaired) electrons. The Kier molecular flexibility index (Phi) is 7.49. The first-order valence-corrected chi connectivity index (χ1v) is 14.0. The summed E-state index contributed by atoms with van der Waals surface area (Å²) in [6.45, 7) is 10.8. The fourth-order valence-corrected chi connectivity index (χ4v) is 9.32. The maximum atomic E-state index is 12.6. The number of carbonyl (C=O) groups is 1. The van der Waals surface area contributed by atoms with Crippen LogP contribution in [0.1, 0.15) is 51.7 Å². The Morgan fingerprint density at radius 3 is 2.24 bits per heavy atom. The molecule has 1 fully saturated rings. The Bertz CT molecular complexity index is 1100. The molecule has 0 aliphatic carbocycles. The Hall–Kier alpha value is -2.56. The van der Waals surface area contributed by atoms with Crippen LogP contribution in [0, 0.1) is 5.92 Å². The van der Waals surface area contributed by atoms with Crippen molar-refractivity contribution < 1.29 is 8.98 Å². The van der Waals surface area contributed by atoms with Crippen molar-refractivity contribution in [2.45, 2.75) is 61.6 Å². The van der Waals surface area contributed by atoms with Crippen LogP contribution in [0.3, 0.4) is 0 Å². The van der Waals surface area contributed by atoms with E-state index >= 15 is 0 Å². The van der Waals surface area contributed by atoms with E-state index in [0.29, 0.717) is 25.5 Å². The maximum absolute atomic E-state index is 12.6. The molecule has 34 heavy (non-hydrogen) atoms. The molecule has 180 valence electrons. The number of amides is 1. The van der Waals surface area contributed by atoms with Gasteiger partial charge >= 0.3 is 0 Å². The lowest BCUT2D eigenvalue weighted by atomic mass is 9.98. The van der Waals surface area contributed by atoms with Gasteiger partial charge in [0, 0.05) is 35.2 Å². The summed E-state index contributed by atoms with van der Waals surface area (Å²) in [5.74, 6) is 0.609. The number of likely N-dealkylation sites (tertiary alicyclic amines) is 1. The molecule has 3 nitrogen and oxygen atoms in total. The van der Waals surface area contributed by atoms with Gasteiger partial charge in [-0.25, -0.2) is 0 Å². The third-order valence-corrected chi connectivity index (χ3v) is 11.0. The van der Waals surface area contributed by atoms with Crippen LogP contribution in [-0.4, -0.2) is 24.0 Å². The Morgan fingerprint density at radius 2 is 1.53 bits per heavy atom. The minimum atomic E-state index is -1.61. The minimum Gasteiger partial charge on any atom is -0.338 e. The van der Waals surface area contributed by atoms with E-state index in [9.17, 15) is 4.79 Å². The van der Waals surface area contributed by atoms with Gasteiger partial charge in [-0.05, 0) is 49.6 Å². The molecule has 3 aromatic carbocycles. The predicted octanol–water partition coefficient (Wildman–Crippen LogP) is 7.55. The van der Waals surface area contributed by atoms with E-state index in [-0.39, 0.29) is 10.7 Å². The number of piperidine rings is 1. The molecule has 2 aliphatic heterocycles. The van der Waals surface area contributed by atoms with Crippen molar-refractivity contribution >= 4 is 16.2 Å². The summed E-state index contributed by atoms with van der Waals surface area (Å²) < 4.78 is 6.97. The Balaban J connectivity index is 0.00000133. The third kappa shape index (κ3) is 4.30. The highest BCUT2D eigenvalue weighted by molar-refractivity contribution is 8.31. The average molecular weight is 476 g/mol. The van der Waals surface area contributed by atoms with Gasteiger partial charge in [-0.1, -0.05) is 90.9 Å². The third-order valence-electron chi connectivity index (χ3n) is 6.93. The number of fused-ring (bicyclic) bond motifs is 1. The smallest absolute Gasteiger partial charge is 0.222 e. The summed E-state index contributed by atoms with van der Waals surface area (Å²) in [5, 5.41) is 0. The lowest BCUT2D eigenvalue weighted by Gasteiger charge is -2.61. The average Bonchev–Trinajstić information content (AvgIpc) is 2.88. The summed E-state index contributed by atoms with van der Waals surface area (Å²) >= 11 is 0. The molecule has 1 amide bonds. The van der Waals surface area contributed by atoms with Crippen LogP contribution >= 0.6 is 10.3 Å². The van der Waals surface area contributed by atoms with E-state index in [2.05, 4.69) is 80.6 Å². The van der Waals surface area contributed by atoms with Gasteiger partial charge in [0.1, 0.15) is 0 Å². The van der Waals surface area contributed by atoms with Crippen molar-refractivity contribution in [3.8, 4) is 0 Å². The number of nitrogens with zero attached hydrogens (tertiary/aromatic N) is 1. The first-order chi connectivity index (χ1) is 16.5. The predicted molar refractivity (Wildman–Crippen MR) is 142 cm³/mol. The van der Waals surface area contributed by atoms with Crippen LogP contribution in [0.4, 0.5) is 0 Å². The molecule has 0 bridgehead atoms. The van der Waals surface area contributed by atoms with Crippen LogP contribution in [-0.2, 0) is 20.3 Å². The molecule has 5 rings (SSSR count). The highest BCUT2D eigenvalue weighted by atomic mass is 32.3. The summed E-state index contributed by atoms with van der Waals surface area (Å²) in [5.41, 5.74) is 2.58. The molecule has 4 heteroatoms. The first kappa shape index (κ1) is 24.6. The van der Waals surface area contributed by atoms with Gasteiger partial charge in [-0.2, -0.15) is 0 Å². The van der Waals surface area contributed by atoms with Crippen LogP contribution in [0.15, 0.2) is 94.7 Å². The minimum absolute atomic E-state index is 0.0425. The Labute approximate surface area is 206 Å². The lowest BCUT2D eigenvalue weighted by Crippen LogP contribution is -2.43. The second-order valence-corrected chi connectivity index (χ2v) is 12.6. The fraction of sp³-hybridized carbons (Fsp3) is 0.367. The first-order valence-electron chi connectivity index (χ1n) is 12.5. The molecule has 2 heterocycles. The summed E-state index contributed by atoms with van der Waals surface area (Å²) in [4.78, 5) is 17.2. The summed E-state index contributed by atoms with van der Waals surface area (Å²) in [6.07, 6.45) is 1.50. The number of hydrogen-bond donors (Lipinski definition) is 0. The van der Waals surface area contributed by atoms with Gasteiger partial charge in [0.05, 0.1) is 11.4 Å². The molecule has 1 saturated heterocycles. The van der Waals surface area contributed by atoms with Gasteiger partial charge in [-0.3, -0.25) is 4.79 Å². The molecule has 0 aromatic heterocycles. The largest absolute Gasteiger partial charge is 0.338 e. The van der Waals surface area contributed by atoms with Gasteiger partial charge in [-0.15, -0.1) is 0 Å².